The number of carbonyl (C=O) groups excluding carboxylic acids is 1. The minimum Gasteiger partial charge on any atom is -0.428 e. The van der Waals surface area contributed by atoms with Gasteiger partial charge in [0.05, 0.1) is 11.2 Å². The molecule has 0 aliphatic carbocycles. The van der Waals surface area contributed by atoms with E-state index in [9.17, 15) is 4.79 Å². The van der Waals surface area contributed by atoms with Crippen molar-refractivity contribution >= 4 is 18.7 Å². The lowest BCUT2D eigenvalue weighted by molar-refractivity contribution is 0.00578. The molecule has 1 aliphatic heterocycles. The fourth-order valence-corrected chi connectivity index (χ4v) is 2.04. The van der Waals surface area contributed by atoms with Crippen LogP contribution in [0.15, 0.2) is 24.3 Å². The first-order chi connectivity index (χ1) is 10.4. The number of carbonyl (C=O) groups is 1. The van der Waals surface area contributed by atoms with Crippen molar-refractivity contribution in [1.29, 1.82) is 0 Å². The third-order valence-electron chi connectivity index (χ3n) is 4.00. The Bertz CT molecular complexity index is 556. The Hall–Kier alpha value is -1.53. The fraction of sp³-hybridized carbons (Fsp3) is 0.588. The largest absolute Gasteiger partial charge is 0.514 e. The standard InChI is InChI=1S/C17H25BO5/c1-15(2,3)21-14(19)20-13-10-8-12(9-11-13)18-22-16(4,5)17(6,7)23-18/h8-11H,1-7H3. The van der Waals surface area contributed by atoms with E-state index in [4.69, 9.17) is 18.8 Å². The summed E-state index contributed by atoms with van der Waals surface area (Å²) in [7, 11) is -0.435. The van der Waals surface area contributed by atoms with E-state index in [0.717, 1.165) is 5.46 Å². The van der Waals surface area contributed by atoms with Gasteiger partial charge in [0.25, 0.3) is 0 Å². The smallest absolute Gasteiger partial charge is 0.428 e. The molecule has 126 valence electrons. The molecule has 0 radical (unpaired) electrons. The Morgan fingerprint density at radius 2 is 1.48 bits per heavy atom. The lowest BCUT2D eigenvalue weighted by atomic mass is 9.79. The quantitative estimate of drug-likeness (QED) is 0.475. The first kappa shape index (κ1) is 17.8. The molecular formula is C17H25BO5. The van der Waals surface area contributed by atoms with Crippen LogP contribution in [0.4, 0.5) is 4.79 Å². The summed E-state index contributed by atoms with van der Waals surface area (Å²) in [6.07, 6.45) is -0.721. The second kappa shape index (κ2) is 5.84. The molecule has 6 heteroatoms. The second-order valence-corrected chi connectivity index (χ2v) is 7.72. The highest BCUT2D eigenvalue weighted by molar-refractivity contribution is 6.62. The SMILES string of the molecule is CC(C)(C)OC(=O)Oc1ccc(B2OC(C)(C)C(C)(C)O2)cc1. The fourth-order valence-electron chi connectivity index (χ4n) is 2.04. The van der Waals surface area contributed by atoms with Crippen molar-refractivity contribution < 1.29 is 23.6 Å². The Morgan fingerprint density at radius 1 is 1.00 bits per heavy atom. The van der Waals surface area contributed by atoms with Gasteiger partial charge in [-0.15, -0.1) is 0 Å². The third-order valence-corrected chi connectivity index (χ3v) is 4.00. The topological polar surface area (TPSA) is 54.0 Å². The molecule has 1 heterocycles. The Labute approximate surface area is 138 Å². The first-order valence-electron chi connectivity index (χ1n) is 7.76. The van der Waals surface area contributed by atoms with Gasteiger partial charge in [-0.1, -0.05) is 12.1 Å². The van der Waals surface area contributed by atoms with Crippen molar-refractivity contribution in [2.75, 3.05) is 0 Å². The van der Waals surface area contributed by atoms with Gasteiger partial charge in [0.2, 0.25) is 0 Å². The molecule has 0 amide bonds. The summed E-state index contributed by atoms with van der Waals surface area (Å²) in [5.41, 5.74) is -0.480. The molecule has 1 saturated heterocycles. The molecular weight excluding hydrogens is 295 g/mol. The molecule has 0 atom stereocenters. The van der Waals surface area contributed by atoms with Gasteiger partial charge in [-0.2, -0.15) is 0 Å². The summed E-state index contributed by atoms with van der Waals surface area (Å²) in [5, 5.41) is 0. The number of hydrogen-bond donors (Lipinski definition) is 0. The number of ether oxygens (including phenoxy) is 2. The molecule has 0 saturated carbocycles. The van der Waals surface area contributed by atoms with Crippen LogP contribution in [-0.4, -0.2) is 30.1 Å². The van der Waals surface area contributed by atoms with E-state index in [2.05, 4.69) is 0 Å². The first-order valence-corrected chi connectivity index (χ1v) is 7.76. The van der Waals surface area contributed by atoms with Crippen LogP contribution >= 0.6 is 0 Å². The normalized spacial score (nSPS) is 19.5. The Kier molecular flexibility index (Phi) is 4.52. The highest BCUT2D eigenvalue weighted by atomic mass is 16.7. The van der Waals surface area contributed by atoms with E-state index in [-0.39, 0.29) is 11.2 Å². The van der Waals surface area contributed by atoms with Crippen LogP contribution in [0.3, 0.4) is 0 Å². The molecule has 0 N–H and O–H groups in total. The van der Waals surface area contributed by atoms with Crippen molar-refractivity contribution in [2.45, 2.75) is 65.3 Å². The van der Waals surface area contributed by atoms with Crippen molar-refractivity contribution in [1.82, 2.24) is 0 Å². The molecule has 0 bridgehead atoms. The van der Waals surface area contributed by atoms with Crippen LogP contribution in [-0.2, 0) is 14.0 Å². The minimum atomic E-state index is -0.721. The number of rotatable bonds is 2. The molecule has 2 rings (SSSR count). The van der Waals surface area contributed by atoms with Crippen molar-refractivity contribution in [2.24, 2.45) is 0 Å². The molecule has 1 aromatic rings. The van der Waals surface area contributed by atoms with Gasteiger partial charge in [-0.05, 0) is 66.1 Å². The summed E-state index contributed by atoms with van der Waals surface area (Å²) >= 11 is 0. The zero-order chi connectivity index (χ0) is 17.5. The van der Waals surface area contributed by atoms with Gasteiger partial charge >= 0.3 is 13.3 Å². The van der Waals surface area contributed by atoms with Crippen LogP contribution < -0.4 is 10.2 Å². The predicted molar refractivity (Wildman–Crippen MR) is 89.0 cm³/mol. The van der Waals surface area contributed by atoms with Gasteiger partial charge in [0.1, 0.15) is 11.4 Å². The highest BCUT2D eigenvalue weighted by Gasteiger charge is 2.51. The van der Waals surface area contributed by atoms with Gasteiger partial charge in [0.15, 0.2) is 0 Å². The van der Waals surface area contributed by atoms with E-state index in [0.29, 0.717) is 5.75 Å². The van der Waals surface area contributed by atoms with E-state index < -0.39 is 18.9 Å². The zero-order valence-corrected chi connectivity index (χ0v) is 14.9. The monoisotopic (exact) mass is 320 g/mol. The third kappa shape index (κ3) is 4.27. The van der Waals surface area contributed by atoms with Crippen molar-refractivity contribution in [3.63, 3.8) is 0 Å². The van der Waals surface area contributed by atoms with E-state index in [1.54, 1.807) is 32.9 Å². The van der Waals surface area contributed by atoms with Gasteiger partial charge in [-0.25, -0.2) is 4.79 Å². The molecule has 0 unspecified atom stereocenters. The maximum Gasteiger partial charge on any atom is 0.514 e. The van der Waals surface area contributed by atoms with Crippen LogP contribution in [0.5, 0.6) is 5.75 Å². The van der Waals surface area contributed by atoms with Crippen molar-refractivity contribution in [3.8, 4) is 5.75 Å². The van der Waals surface area contributed by atoms with Crippen molar-refractivity contribution in [3.05, 3.63) is 24.3 Å². The summed E-state index contributed by atoms with van der Waals surface area (Å²) in [6.45, 7) is 13.4. The van der Waals surface area contributed by atoms with E-state index >= 15 is 0 Å². The van der Waals surface area contributed by atoms with E-state index in [1.165, 1.54) is 0 Å². The van der Waals surface area contributed by atoms with Gasteiger partial charge in [0, 0.05) is 0 Å². The lowest BCUT2D eigenvalue weighted by Gasteiger charge is -2.32. The summed E-state index contributed by atoms with van der Waals surface area (Å²) < 4.78 is 22.2. The molecule has 1 fully saturated rings. The molecule has 1 aliphatic rings. The maximum absolute atomic E-state index is 11.6. The highest BCUT2D eigenvalue weighted by Crippen LogP contribution is 2.36. The maximum atomic E-state index is 11.6. The average Bonchev–Trinajstić information content (AvgIpc) is 2.56. The van der Waals surface area contributed by atoms with Crippen LogP contribution in [0.1, 0.15) is 48.5 Å². The summed E-state index contributed by atoms with van der Waals surface area (Å²) in [4.78, 5) is 11.6. The number of benzene rings is 1. The molecule has 0 spiro atoms. The Morgan fingerprint density at radius 3 is 1.91 bits per heavy atom. The summed E-state index contributed by atoms with van der Waals surface area (Å²) in [6, 6.07) is 7.04. The number of hydrogen-bond acceptors (Lipinski definition) is 5. The summed E-state index contributed by atoms with van der Waals surface area (Å²) in [5.74, 6) is 0.416. The lowest BCUT2D eigenvalue weighted by Crippen LogP contribution is -2.41. The molecule has 0 aromatic heterocycles. The van der Waals surface area contributed by atoms with Crippen LogP contribution in [0.2, 0.25) is 0 Å². The second-order valence-electron chi connectivity index (χ2n) is 7.72. The molecule has 1 aromatic carbocycles. The Balaban J connectivity index is 2.02. The van der Waals surface area contributed by atoms with Gasteiger partial charge < -0.3 is 18.8 Å². The van der Waals surface area contributed by atoms with Crippen LogP contribution in [0, 0.1) is 0 Å². The van der Waals surface area contributed by atoms with Gasteiger partial charge in [-0.3, -0.25) is 0 Å². The molecule has 5 nitrogen and oxygen atoms in total. The average molecular weight is 320 g/mol. The molecule has 23 heavy (non-hydrogen) atoms. The zero-order valence-electron chi connectivity index (χ0n) is 14.9. The predicted octanol–water partition coefficient (Wildman–Crippen LogP) is 3.30. The van der Waals surface area contributed by atoms with Crippen LogP contribution in [0.25, 0.3) is 0 Å². The minimum absolute atomic E-state index is 0.386. The van der Waals surface area contributed by atoms with E-state index in [1.807, 2.05) is 39.8 Å².